The minimum absolute atomic E-state index is 0.00407. The number of ether oxygens (including phenoxy) is 1. The van der Waals surface area contributed by atoms with Gasteiger partial charge in [-0.1, -0.05) is 6.92 Å². The fourth-order valence-electron chi connectivity index (χ4n) is 1.52. The Kier molecular flexibility index (Phi) is 4.94. The third-order valence-corrected chi connectivity index (χ3v) is 3.26. The number of anilines is 2. The lowest BCUT2D eigenvalue weighted by atomic mass is 10.2. The normalized spacial score (nSPS) is 13.3. The van der Waals surface area contributed by atoms with E-state index in [4.69, 9.17) is 15.6 Å². The number of hydrogen-bond donors (Lipinski definition) is 3. The summed E-state index contributed by atoms with van der Waals surface area (Å²) < 4.78 is 27.5. The maximum atomic E-state index is 11.3. The summed E-state index contributed by atoms with van der Waals surface area (Å²) in [6, 6.07) is 4.46. The van der Waals surface area contributed by atoms with Crippen LogP contribution in [-0.4, -0.2) is 28.7 Å². The SMILES string of the molecule is COCC(C)CNc1cc(N)cc(S(N)(=O)=O)c1. The maximum absolute atomic E-state index is 11.3. The van der Waals surface area contributed by atoms with E-state index >= 15 is 0 Å². The molecule has 7 heteroatoms. The summed E-state index contributed by atoms with van der Waals surface area (Å²) in [5, 5.41) is 8.17. The Balaban J connectivity index is 2.81. The van der Waals surface area contributed by atoms with Crippen molar-refractivity contribution in [3.8, 4) is 0 Å². The van der Waals surface area contributed by atoms with Crippen molar-refractivity contribution in [2.45, 2.75) is 11.8 Å². The number of benzene rings is 1. The molecule has 1 unspecified atom stereocenters. The number of nitrogen functional groups attached to an aromatic ring is 1. The molecule has 18 heavy (non-hydrogen) atoms. The summed E-state index contributed by atoms with van der Waals surface area (Å²) in [5.41, 5.74) is 6.61. The molecule has 0 heterocycles. The molecule has 6 nitrogen and oxygen atoms in total. The number of hydrogen-bond acceptors (Lipinski definition) is 5. The van der Waals surface area contributed by atoms with Crippen LogP contribution in [0.1, 0.15) is 6.92 Å². The van der Waals surface area contributed by atoms with Crippen LogP contribution in [0.4, 0.5) is 11.4 Å². The molecule has 0 aliphatic heterocycles. The standard InChI is InChI=1S/C11H19N3O3S/c1-8(7-17-2)6-14-10-3-9(12)4-11(5-10)18(13,15)16/h3-5,8,14H,6-7,12H2,1-2H3,(H2,13,15,16). The number of methoxy groups -OCH3 is 1. The molecule has 0 saturated heterocycles. The van der Waals surface area contributed by atoms with Crippen LogP contribution >= 0.6 is 0 Å². The molecule has 1 atom stereocenters. The molecule has 0 aliphatic rings. The molecule has 5 N–H and O–H groups in total. The lowest BCUT2D eigenvalue weighted by Gasteiger charge is -2.13. The van der Waals surface area contributed by atoms with Gasteiger partial charge in [-0.3, -0.25) is 0 Å². The van der Waals surface area contributed by atoms with Crippen molar-refractivity contribution in [2.75, 3.05) is 31.3 Å². The fraction of sp³-hybridized carbons (Fsp3) is 0.455. The molecule has 0 spiro atoms. The molecule has 0 aromatic heterocycles. The molecular weight excluding hydrogens is 254 g/mol. The van der Waals surface area contributed by atoms with Gasteiger partial charge in [0.25, 0.3) is 0 Å². The van der Waals surface area contributed by atoms with Crippen molar-refractivity contribution in [1.29, 1.82) is 0 Å². The Morgan fingerprint density at radius 1 is 1.39 bits per heavy atom. The van der Waals surface area contributed by atoms with Crippen LogP contribution in [0.3, 0.4) is 0 Å². The lowest BCUT2D eigenvalue weighted by molar-refractivity contribution is 0.164. The monoisotopic (exact) mass is 273 g/mol. The molecule has 102 valence electrons. The van der Waals surface area contributed by atoms with Crippen molar-refractivity contribution in [3.63, 3.8) is 0 Å². The minimum atomic E-state index is -3.74. The number of nitrogens with one attached hydrogen (secondary N) is 1. The van der Waals surface area contributed by atoms with Crippen LogP contribution < -0.4 is 16.2 Å². The second-order valence-corrected chi connectivity index (χ2v) is 5.84. The number of nitrogens with two attached hydrogens (primary N) is 2. The maximum Gasteiger partial charge on any atom is 0.238 e. The van der Waals surface area contributed by atoms with Crippen molar-refractivity contribution in [3.05, 3.63) is 18.2 Å². The average molecular weight is 273 g/mol. The highest BCUT2D eigenvalue weighted by molar-refractivity contribution is 7.89. The van der Waals surface area contributed by atoms with E-state index < -0.39 is 10.0 Å². The molecule has 0 fully saturated rings. The van der Waals surface area contributed by atoms with Crippen molar-refractivity contribution in [1.82, 2.24) is 0 Å². The van der Waals surface area contributed by atoms with Crippen molar-refractivity contribution >= 4 is 21.4 Å². The van der Waals surface area contributed by atoms with Gasteiger partial charge < -0.3 is 15.8 Å². The molecule has 1 rings (SSSR count). The smallest absolute Gasteiger partial charge is 0.238 e. The van der Waals surface area contributed by atoms with Crippen LogP contribution in [-0.2, 0) is 14.8 Å². The molecular formula is C11H19N3O3S. The van der Waals surface area contributed by atoms with E-state index in [1.807, 2.05) is 6.92 Å². The van der Waals surface area contributed by atoms with Gasteiger partial charge in [0.15, 0.2) is 0 Å². The summed E-state index contributed by atoms with van der Waals surface area (Å²) in [4.78, 5) is 0.00407. The van der Waals surface area contributed by atoms with Gasteiger partial charge in [0, 0.05) is 25.0 Å². The molecule has 0 amide bonds. The molecule has 0 aliphatic carbocycles. The summed E-state index contributed by atoms with van der Waals surface area (Å²) in [5.74, 6) is 0.300. The predicted octanol–water partition coefficient (Wildman–Crippen LogP) is 0.611. The van der Waals surface area contributed by atoms with Gasteiger partial charge in [-0.2, -0.15) is 0 Å². The molecule has 1 aromatic rings. The molecule has 0 bridgehead atoms. The quantitative estimate of drug-likeness (QED) is 0.658. The van der Waals surface area contributed by atoms with Gasteiger partial charge in [-0.25, -0.2) is 13.6 Å². The van der Waals surface area contributed by atoms with E-state index in [1.165, 1.54) is 12.1 Å². The predicted molar refractivity (Wildman–Crippen MR) is 71.8 cm³/mol. The molecule has 0 saturated carbocycles. The van der Waals surface area contributed by atoms with E-state index in [-0.39, 0.29) is 4.90 Å². The number of rotatable bonds is 6. The van der Waals surface area contributed by atoms with Crippen LogP contribution in [0.25, 0.3) is 0 Å². The van der Waals surface area contributed by atoms with Crippen molar-refractivity contribution < 1.29 is 13.2 Å². The van der Waals surface area contributed by atoms with Crippen molar-refractivity contribution in [2.24, 2.45) is 11.1 Å². The number of sulfonamides is 1. The molecule has 1 aromatic carbocycles. The van der Waals surface area contributed by atoms with Gasteiger partial charge >= 0.3 is 0 Å². The van der Waals surface area contributed by atoms with E-state index in [2.05, 4.69) is 5.32 Å². The zero-order valence-corrected chi connectivity index (χ0v) is 11.3. The topological polar surface area (TPSA) is 107 Å². The fourth-order valence-corrected chi connectivity index (χ4v) is 2.12. The van der Waals surface area contributed by atoms with Crippen LogP contribution in [0, 0.1) is 5.92 Å². The lowest BCUT2D eigenvalue weighted by Crippen LogP contribution is -2.17. The average Bonchev–Trinajstić information content (AvgIpc) is 2.25. The van der Waals surface area contributed by atoms with Gasteiger partial charge in [0.05, 0.1) is 11.5 Å². The first-order valence-electron chi connectivity index (χ1n) is 5.49. The van der Waals surface area contributed by atoms with Crippen LogP contribution in [0.15, 0.2) is 23.1 Å². The number of primary sulfonamides is 1. The molecule has 0 radical (unpaired) electrons. The Morgan fingerprint density at radius 2 is 2.06 bits per heavy atom. The third-order valence-electron chi connectivity index (χ3n) is 2.36. The zero-order valence-electron chi connectivity index (χ0n) is 10.5. The van der Waals surface area contributed by atoms with Gasteiger partial charge in [-0.05, 0) is 24.1 Å². The third kappa shape index (κ3) is 4.52. The first kappa shape index (κ1) is 14.7. The second kappa shape index (κ2) is 6.03. The minimum Gasteiger partial charge on any atom is -0.399 e. The van der Waals surface area contributed by atoms with E-state index in [0.717, 1.165) is 0 Å². The summed E-state index contributed by atoms with van der Waals surface area (Å²) in [6.45, 7) is 3.29. The Labute approximate surface area is 107 Å². The van der Waals surface area contributed by atoms with Gasteiger partial charge in [-0.15, -0.1) is 0 Å². The zero-order chi connectivity index (χ0) is 13.8. The first-order valence-corrected chi connectivity index (χ1v) is 7.03. The highest BCUT2D eigenvalue weighted by atomic mass is 32.2. The Hall–Kier alpha value is -1.31. The van der Waals surface area contributed by atoms with E-state index in [0.29, 0.717) is 30.4 Å². The van der Waals surface area contributed by atoms with E-state index in [1.54, 1.807) is 13.2 Å². The van der Waals surface area contributed by atoms with Crippen LogP contribution in [0.5, 0.6) is 0 Å². The van der Waals surface area contributed by atoms with Gasteiger partial charge in [0.1, 0.15) is 0 Å². The second-order valence-electron chi connectivity index (χ2n) is 4.28. The van der Waals surface area contributed by atoms with Crippen LogP contribution in [0.2, 0.25) is 0 Å². The summed E-state index contributed by atoms with van der Waals surface area (Å²) in [6.07, 6.45) is 0. The highest BCUT2D eigenvalue weighted by Gasteiger charge is 2.10. The Morgan fingerprint density at radius 3 is 2.61 bits per heavy atom. The summed E-state index contributed by atoms with van der Waals surface area (Å²) >= 11 is 0. The van der Waals surface area contributed by atoms with E-state index in [9.17, 15) is 8.42 Å². The van der Waals surface area contributed by atoms with Gasteiger partial charge in [0.2, 0.25) is 10.0 Å². The summed E-state index contributed by atoms with van der Waals surface area (Å²) in [7, 11) is -2.11. The largest absolute Gasteiger partial charge is 0.399 e. The Bertz CT molecular complexity index is 502. The highest BCUT2D eigenvalue weighted by Crippen LogP contribution is 2.19. The first-order chi connectivity index (χ1) is 8.32.